The summed E-state index contributed by atoms with van der Waals surface area (Å²) < 4.78 is 8.11. The number of pyridine rings is 1. The average molecular weight is 452 g/mol. The molecule has 3 aromatic carbocycles. The summed E-state index contributed by atoms with van der Waals surface area (Å²) in [5.74, 6) is 1.55. The van der Waals surface area contributed by atoms with Gasteiger partial charge in [-0.25, -0.2) is 0 Å². The van der Waals surface area contributed by atoms with Gasteiger partial charge in [0.15, 0.2) is 0 Å². The average Bonchev–Trinajstić information content (AvgIpc) is 2.73. The molecule has 0 saturated carbocycles. The van der Waals surface area contributed by atoms with Gasteiger partial charge in [0, 0.05) is 21.2 Å². The van der Waals surface area contributed by atoms with Crippen LogP contribution in [0.5, 0.6) is 5.75 Å². The summed E-state index contributed by atoms with van der Waals surface area (Å²) in [5.41, 5.74) is 2.79. The molecule has 3 nitrogen and oxygen atoms in total. The van der Waals surface area contributed by atoms with Crippen LogP contribution in [0.4, 0.5) is 0 Å². The van der Waals surface area contributed by atoms with Gasteiger partial charge in [-0.3, -0.25) is 9.36 Å². The Hall–Kier alpha value is -2.50. The lowest BCUT2D eigenvalue weighted by Crippen LogP contribution is -2.18. The van der Waals surface area contributed by atoms with Crippen molar-refractivity contribution in [2.24, 2.45) is 0 Å². The first-order chi connectivity index (χ1) is 13.7. The summed E-state index contributed by atoms with van der Waals surface area (Å²) in [7, 11) is 1.61. The minimum absolute atomic E-state index is 0.0854. The molecule has 1 aromatic heterocycles. The van der Waals surface area contributed by atoms with Gasteiger partial charge < -0.3 is 4.74 Å². The lowest BCUT2D eigenvalue weighted by Gasteiger charge is -2.14. The molecule has 0 N–H and O–H groups in total. The van der Waals surface area contributed by atoms with Crippen LogP contribution in [0.25, 0.3) is 16.6 Å². The Bertz CT molecular complexity index is 1190. The molecule has 0 radical (unpaired) electrons. The van der Waals surface area contributed by atoms with Crippen LogP contribution in [-0.4, -0.2) is 11.7 Å². The van der Waals surface area contributed by atoms with Gasteiger partial charge in [0.25, 0.3) is 5.56 Å². The van der Waals surface area contributed by atoms with Crippen LogP contribution < -0.4 is 10.3 Å². The summed E-state index contributed by atoms with van der Waals surface area (Å²) in [4.78, 5) is 13.8. The lowest BCUT2D eigenvalue weighted by atomic mass is 10.2. The van der Waals surface area contributed by atoms with E-state index in [0.29, 0.717) is 5.75 Å². The maximum atomic E-state index is 12.7. The second-order valence-electron chi connectivity index (χ2n) is 6.32. The Kier molecular flexibility index (Phi) is 5.55. The molecular weight excluding hydrogens is 434 g/mol. The minimum Gasteiger partial charge on any atom is -0.495 e. The Balaban J connectivity index is 1.75. The van der Waals surface area contributed by atoms with Crippen molar-refractivity contribution in [1.29, 1.82) is 0 Å². The third kappa shape index (κ3) is 3.86. The topological polar surface area (TPSA) is 31.2 Å². The lowest BCUT2D eigenvalue weighted by molar-refractivity contribution is 0.412. The predicted octanol–water partition coefficient (Wildman–Crippen LogP) is 6.05. The highest BCUT2D eigenvalue weighted by atomic mass is 79.9. The molecule has 0 atom stereocenters. The molecule has 0 aliphatic carbocycles. The van der Waals surface area contributed by atoms with Gasteiger partial charge in [-0.2, -0.15) is 0 Å². The van der Waals surface area contributed by atoms with Crippen molar-refractivity contribution in [2.45, 2.75) is 10.6 Å². The number of ether oxygens (including phenoxy) is 1. The molecule has 4 aromatic rings. The number of rotatable bonds is 5. The molecular formula is C23H18BrNO2S. The molecule has 0 aliphatic heterocycles. The molecule has 28 heavy (non-hydrogen) atoms. The number of hydrogen-bond acceptors (Lipinski definition) is 3. The van der Waals surface area contributed by atoms with Gasteiger partial charge in [0.05, 0.1) is 18.3 Å². The third-order valence-electron chi connectivity index (χ3n) is 4.50. The summed E-state index contributed by atoms with van der Waals surface area (Å²) >= 11 is 5.24. The molecule has 0 saturated heterocycles. The van der Waals surface area contributed by atoms with E-state index in [2.05, 4.69) is 52.3 Å². The fraction of sp³-hybridized carbons (Fsp3) is 0.0870. The van der Waals surface area contributed by atoms with Crippen LogP contribution in [-0.2, 0) is 5.75 Å². The molecule has 0 fully saturated rings. The Morgan fingerprint density at radius 3 is 2.57 bits per heavy atom. The van der Waals surface area contributed by atoms with Crippen molar-refractivity contribution in [3.8, 4) is 11.4 Å². The first-order valence-corrected chi connectivity index (χ1v) is 10.6. The number of aromatic nitrogens is 1. The molecule has 0 amide bonds. The molecule has 0 spiro atoms. The van der Waals surface area contributed by atoms with Crippen LogP contribution >= 0.6 is 27.7 Å². The molecule has 0 unspecified atom stereocenters. The van der Waals surface area contributed by atoms with Crippen molar-refractivity contribution in [3.63, 3.8) is 0 Å². The number of halogens is 1. The maximum absolute atomic E-state index is 12.7. The van der Waals surface area contributed by atoms with E-state index in [0.717, 1.165) is 26.8 Å². The molecule has 5 heteroatoms. The van der Waals surface area contributed by atoms with E-state index >= 15 is 0 Å². The highest BCUT2D eigenvalue weighted by Crippen LogP contribution is 2.30. The number of benzene rings is 3. The van der Waals surface area contributed by atoms with Crippen molar-refractivity contribution in [2.75, 3.05) is 7.11 Å². The van der Waals surface area contributed by atoms with Crippen LogP contribution in [0.3, 0.4) is 0 Å². The van der Waals surface area contributed by atoms with Gasteiger partial charge in [0.1, 0.15) is 5.75 Å². The molecule has 4 rings (SSSR count). The summed E-state index contributed by atoms with van der Waals surface area (Å²) in [6, 6.07) is 25.8. The summed E-state index contributed by atoms with van der Waals surface area (Å²) in [6.45, 7) is 0. The predicted molar refractivity (Wildman–Crippen MR) is 120 cm³/mol. The van der Waals surface area contributed by atoms with Gasteiger partial charge in [0.2, 0.25) is 0 Å². The SMILES string of the molecule is COc1cc(Br)ccc1-n1c(=O)ccc2cc(SCc3ccccc3)ccc21. The van der Waals surface area contributed by atoms with Crippen molar-refractivity contribution >= 4 is 38.6 Å². The van der Waals surface area contributed by atoms with Gasteiger partial charge in [-0.05, 0) is 53.4 Å². The Morgan fingerprint density at radius 1 is 0.964 bits per heavy atom. The second-order valence-corrected chi connectivity index (χ2v) is 8.28. The highest BCUT2D eigenvalue weighted by molar-refractivity contribution is 9.10. The normalized spacial score (nSPS) is 10.9. The van der Waals surface area contributed by atoms with Crippen LogP contribution in [0.1, 0.15) is 5.56 Å². The minimum atomic E-state index is -0.0854. The number of nitrogens with zero attached hydrogens (tertiary/aromatic N) is 1. The van der Waals surface area contributed by atoms with E-state index in [9.17, 15) is 4.79 Å². The quantitative estimate of drug-likeness (QED) is 0.345. The zero-order valence-corrected chi connectivity index (χ0v) is 17.7. The molecule has 0 bridgehead atoms. The summed E-state index contributed by atoms with van der Waals surface area (Å²) in [5, 5.41) is 1.02. The monoisotopic (exact) mass is 451 g/mol. The highest BCUT2D eigenvalue weighted by Gasteiger charge is 2.11. The van der Waals surface area contributed by atoms with Crippen molar-refractivity contribution in [1.82, 2.24) is 4.57 Å². The van der Waals surface area contributed by atoms with E-state index in [1.54, 1.807) is 29.5 Å². The van der Waals surface area contributed by atoms with E-state index in [4.69, 9.17) is 4.74 Å². The van der Waals surface area contributed by atoms with Gasteiger partial charge >= 0.3 is 0 Å². The van der Waals surface area contributed by atoms with E-state index in [-0.39, 0.29) is 5.56 Å². The van der Waals surface area contributed by atoms with E-state index < -0.39 is 0 Å². The third-order valence-corrected chi connectivity index (χ3v) is 6.05. The van der Waals surface area contributed by atoms with E-state index in [1.807, 2.05) is 36.4 Å². The van der Waals surface area contributed by atoms with Crippen LogP contribution in [0.2, 0.25) is 0 Å². The Morgan fingerprint density at radius 2 is 1.79 bits per heavy atom. The number of fused-ring (bicyclic) bond motifs is 1. The fourth-order valence-electron chi connectivity index (χ4n) is 3.14. The van der Waals surface area contributed by atoms with Crippen LogP contribution in [0.15, 0.2) is 93.0 Å². The summed E-state index contributed by atoms with van der Waals surface area (Å²) in [6.07, 6.45) is 0. The first kappa shape index (κ1) is 18.8. The standard InChI is InChI=1S/C23H18BrNO2S/c1-27-22-14-18(24)8-10-21(22)25-20-11-9-19(13-17(20)7-12-23(25)26)28-15-16-5-3-2-4-6-16/h2-14H,15H2,1H3. The zero-order chi connectivity index (χ0) is 19.5. The largest absolute Gasteiger partial charge is 0.495 e. The van der Waals surface area contributed by atoms with Gasteiger partial charge in [-0.1, -0.05) is 46.3 Å². The number of methoxy groups -OCH3 is 1. The molecule has 140 valence electrons. The maximum Gasteiger partial charge on any atom is 0.255 e. The molecule has 0 aliphatic rings. The first-order valence-electron chi connectivity index (χ1n) is 8.82. The number of hydrogen-bond donors (Lipinski definition) is 0. The van der Waals surface area contributed by atoms with E-state index in [1.165, 1.54) is 10.5 Å². The zero-order valence-electron chi connectivity index (χ0n) is 15.3. The second kappa shape index (κ2) is 8.25. The van der Waals surface area contributed by atoms with Crippen LogP contribution in [0, 0.1) is 0 Å². The van der Waals surface area contributed by atoms with Gasteiger partial charge in [-0.15, -0.1) is 11.8 Å². The van der Waals surface area contributed by atoms with Crippen molar-refractivity contribution in [3.05, 3.63) is 99.3 Å². The smallest absolute Gasteiger partial charge is 0.255 e. The fourth-order valence-corrected chi connectivity index (χ4v) is 4.38. The Labute approximate surface area is 176 Å². The van der Waals surface area contributed by atoms with Crippen molar-refractivity contribution < 1.29 is 4.74 Å². The molecule has 1 heterocycles. The number of thioether (sulfide) groups is 1.